The molecular weight excluding hydrogens is 432 g/mol. The second-order valence-corrected chi connectivity index (χ2v) is 10.2. The van der Waals surface area contributed by atoms with Gasteiger partial charge in [-0.25, -0.2) is 4.79 Å². The molecule has 2 fully saturated rings. The molecular formula is C26H32N4O2S. The van der Waals surface area contributed by atoms with Crippen LogP contribution in [0.25, 0.3) is 0 Å². The third-order valence-corrected chi connectivity index (χ3v) is 8.03. The summed E-state index contributed by atoms with van der Waals surface area (Å²) in [7, 11) is 0. The smallest absolute Gasteiger partial charge is 0.319 e. The Morgan fingerprint density at radius 2 is 1.42 bits per heavy atom. The highest BCUT2D eigenvalue weighted by molar-refractivity contribution is 7.99. The second kappa shape index (κ2) is 10.1. The zero-order valence-corrected chi connectivity index (χ0v) is 19.9. The predicted molar refractivity (Wildman–Crippen MR) is 132 cm³/mol. The summed E-state index contributed by atoms with van der Waals surface area (Å²) < 4.78 is 0. The van der Waals surface area contributed by atoms with E-state index in [1.54, 1.807) is 0 Å². The van der Waals surface area contributed by atoms with Crippen LogP contribution < -0.4 is 10.2 Å². The first-order chi connectivity index (χ1) is 16.2. The first kappa shape index (κ1) is 22.1. The maximum atomic E-state index is 12.7. The number of anilines is 2. The van der Waals surface area contributed by atoms with Gasteiger partial charge in [0.2, 0.25) is 5.91 Å². The summed E-state index contributed by atoms with van der Waals surface area (Å²) in [6.45, 7) is 4.66. The lowest BCUT2D eigenvalue weighted by Gasteiger charge is -2.34. The Labute approximate surface area is 200 Å². The lowest BCUT2D eigenvalue weighted by atomic mass is 9.96. The van der Waals surface area contributed by atoms with Gasteiger partial charge < -0.3 is 20.0 Å². The van der Waals surface area contributed by atoms with E-state index >= 15 is 0 Å². The Morgan fingerprint density at radius 3 is 2.06 bits per heavy atom. The van der Waals surface area contributed by atoms with Gasteiger partial charge in [-0.2, -0.15) is 0 Å². The van der Waals surface area contributed by atoms with Crippen molar-refractivity contribution in [2.45, 2.75) is 41.9 Å². The molecule has 3 aliphatic rings. The van der Waals surface area contributed by atoms with E-state index in [-0.39, 0.29) is 17.9 Å². The Hall–Kier alpha value is -2.67. The van der Waals surface area contributed by atoms with E-state index in [9.17, 15) is 9.59 Å². The topological polar surface area (TPSA) is 55.9 Å². The number of nitrogens with one attached hydrogen (secondary N) is 1. The largest absolute Gasteiger partial charge is 0.356 e. The summed E-state index contributed by atoms with van der Waals surface area (Å²) in [6, 6.07) is 17.2. The monoisotopic (exact) mass is 464 g/mol. The van der Waals surface area contributed by atoms with E-state index in [0.717, 1.165) is 51.7 Å². The average molecular weight is 465 g/mol. The quantitative estimate of drug-likeness (QED) is 0.651. The molecule has 3 amide bonds. The number of likely N-dealkylation sites (tertiary alicyclic amines) is 2. The van der Waals surface area contributed by atoms with E-state index in [4.69, 9.17) is 0 Å². The molecule has 0 bridgehead atoms. The van der Waals surface area contributed by atoms with Crippen LogP contribution in [0.1, 0.15) is 32.1 Å². The molecule has 2 saturated heterocycles. The minimum atomic E-state index is 0.0143. The third kappa shape index (κ3) is 4.83. The van der Waals surface area contributed by atoms with Crippen molar-refractivity contribution in [3.05, 3.63) is 48.5 Å². The lowest BCUT2D eigenvalue weighted by Crippen LogP contribution is -2.47. The molecule has 3 heterocycles. The van der Waals surface area contributed by atoms with Gasteiger partial charge in [0.15, 0.2) is 0 Å². The molecule has 5 rings (SSSR count). The van der Waals surface area contributed by atoms with Gasteiger partial charge in [0.05, 0.1) is 11.4 Å². The summed E-state index contributed by atoms with van der Waals surface area (Å²) in [4.78, 5) is 34.1. The molecule has 2 aromatic rings. The van der Waals surface area contributed by atoms with E-state index in [1.807, 2.05) is 21.6 Å². The molecule has 33 heavy (non-hydrogen) atoms. The first-order valence-electron chi connectivity index (χ1n) is 12.2. The standard InChI is InChI=1S/C26H32N4O2S/c31-25(20-12-18-29(19-13-20)26(32)28-15-5-6-16-28)27-14-7-17-30-21-8-1-3-10-23(21)33-24-11-4-2-9-22(24)30/h1-4,8-11,20H,5-7,12-19H2,(H,27,31). The Morgan fingerprint density at radius 1 is 0.848 bits per heavy atom. The highest BCUT2D eigenvalue weighted by Gasteiger charge is 2.30. The molecule has 0 atom stereocenters. The highest BCUT2D eigenvalue weighted by Crippen LogP contribution is 2.47. The number of para-hydroxylation sites is 2. The molecule has 0 saturated carbocycles. The van der Waals surface area contributed by atoms with Crippen molar-refractivity contribution in [2.75, 3.05) is 44.2 Å². The average Bonchev–Trinajstić information content (AvgIpc) is 3.40. The summed E-state index contributed by atoms with van der Waals surface area (Å²) >= 11 is 1.82. The van der Waals surface area contributed by atoms with Crippen LogP contribution in [-0.2, 0) is 4.79 Å². The van der Waals surface area contributed by atoms with Gasteiger partial charge in [-0.05, 0) is 56.4 Å². The number of piperidine rings is 1. The third-order valence-electron chi connectivity index (χ3n) is 6.90. The zero-order valence-electron chi connectivity index (χ0n) is 19.0. The molecule has 174 valence electrons. The molecule has 0 radical (unpaired) electrons. The van der Waals surface area contributed by atoms with Crippen molar-refractivity contribution in [3.8, 4) is 0 Å². The van der Waals surface area contributed by atoms with Crippen molar-refractivity contribution < 1.29 is 9.59 Å². The van der Waals surface area contributed by atoms with Crippen LogP contribution in [0.4, 0.5) is 16.2 Å². The van der Waals surface area contributed by atoms with Gasteiger partial charge in [-0.1, -0.05) is 36.0 Å². The summed E-state index contributed by atoms with van der Waals surface area (Å²) in [5, 5.41) is 3.15. The van der Waals surface area contributed by atoms with Crippen molar-refractivity contribution in [1.82, 2.24) is 15.1 Å². The number of carbonyl (C=O) groups excluding carboxylic acids is 2. The molecule has 6 nitrogen and oxygen atoms in total. The van der Waals surface area contributed by atoms with Crippen LogP contribution in [0.2, 0.25) is 0 Å². The number of hydrogen-bond acceptors (Lipinski definition) is 4. The van der Waals surface area contributed by atoms with Crippen molar-refractivity contribution in [2.24, 2.45) is 5.92 Å². The number of fused-ring (bicyclic) bond motifs is 2. The lowest BCUT2D eigenvalue weighted by molar-refractivity contribution is -0.126. The zero-order chi connectivity index (χ0) is 22.6. The number of rotatable bonds is 5. The summed E-state index contributed by atoms with van der Waals surface area (Å²) in [5.74, 6) is 0.152. The number of urea groups is 1. The number of benzene rings is 2. The van der Waals surface area contributed by atoms with Crippen LogP contribution >= 0.6 is 11.8 Å². The number of hydrogen-bond donors (Lipinski definition) is 1. The fourth-order valence-corrected chi connectivity index (χ4v) is 6.15. The minimum Gasteiger partial charge on any atom is -0.356 e. The molecule has 0 spiro atoms. The van der Waals surface area contributed by atoms with Crippen LogP contribution in [0.15, 0.2) is 58.3 Å². The number of carbonyl (C=O) groups is 2. The van der Waals surface area contributed by atoms with Crippen LogP contribution in [0, 0.1) is 5.92 Å². The van der Waals surface area contributed by atoms with Crippen LogP contribution in [0.5, 0.6) is 0 Å². The number of nitrogens with zero attached hydrogens (tertiary/aromatic N) is 3. The van der Waals surface area contributed by atoms with Gasteiger partial charge in [-0.3, -0.25) is 4.79 Å². The normalized spacial score (nSPS) is 18.1. The number of amides is 3. The molecule has 0 aliphatic carbocycles. The van der Waals surface area contributed by atoms with E-state index in [1.165, 1.54) is 21.2 Å². The molecule has 0 unspecified atom stereocenters. The minimum absolute atomic E-state index is 0.0143. The van der Waals surface area contributed by atoms with Gasteiger partial charge >= 0.3 is 6.03 Å². The molecule has 7 heteroatoms. The Balaban J connectivity index is 1.10. The predicted octanol–water partition coefficient (Wildman–Crippen LogP) is 4.72. The van der Waals surface area contributed by atoms with E-state index in [2.05, 4.69) is 58.7 Å². The van der Waals surface area contributed by atoms with Crippen molar-refractivity contribution >= 4 is 35.1 Å². The molecule has 3 aliphatic heterocycles. The summed E-state index contributed by atoms with van der Waals surface area (Å²) in [5.41, 5.74) is 2.48. The second-order valence-electron chi connectivity index (χ2n) is 9.07. The fraction of sp³-hybridized carbons (Fsp3) is 0.462. The SMILES string of the molecule is O=C(NCCCN1c2ccccc2Sc2ccccc21)C1CCN(C(=O)N2CCCC2)CC1. The molecule has 2 aromatic carbocycles. The van der Waals surface area contributed by atoms with Gasteiger partial charge in [0.25, 0.3) is 0 Å². The first-order valence-corrected chi connectivity index (χ1v) is 13.0. The van der Waals surface area contributed by atoms with Crippen LogP contribution in [-0.4, -0.2) is 61.0 Å². The fourth-order valence-electron chi connectivity index (χ4n) is 5.06. The molecule has 0 aromatic heterocycles. The summed E-state index contributed by atoms with van der Waals surface area (Å²) in [6.07, 6.45) is 4.62. The Bertz CT molecular complexity index is 954. The van der Waals surface area contributed by atoms with Gasteiger partial charge in [-0.15, -0.1) is 0 Å². The van der Waals surface area contributed by atoms with E-state index < -0.39 is 0 Å². The maximum Gasteiger partial charge on any atom is 0.319 e. The maximum absolute atomic E-state index is 12.7. The van der Waals surface area contributed by atoms with Gasteiger partial charge in [0.1, 0.15) is 0 Å². The Kier molecular flexibility index (Phi) is 6.76. The van der Waals surface area contributed by atoms with Crippen molar-refractivity contribution in [1.29, 1.82) is 0 Å². The van der Waals surface area contributed by atoms with Crippen molar-refractivity contribution in [3.63, 3.8) is 0 Å². The van der Waals surface area contributed by atoms with Crippen LogP contribution in [0.3, 0.4) is 0 Å². The van der Waals surface area contributed by atoms with E-state index in [0.29, 0.717) is 19.6 Å². The highest BCUT2D eigenvalue weighted by atomic mass is 32.2. The van der Waals surface area contributed by atoms with Gasteiger partial charge in [0, 0.05) is 55.0 Å². The molecule has 1 N–H and O–H groups in total.